The third-order valence-corrected chi connectivity index (χ3v) is 5.65. The maximum Gasteiger partial charge on any atom is 0.271 e. The van der Waals surface area contributed by atoms with Crippen molar-refractivity contribution in [3.63, 3.8) is 0 Å². The monoisotopic (exact) mass is 369 g/mol. The van der Waals surface area contributed by atoms with Gasteiger partial charge < -0.3 is 5.11 Å². The largest absolute Gasteiger partial charge is 0.380 e. The second-order valence-corrected chi connectivity index (χ2v) is 7.97. The van der Waals surface area contributed by atoms with Gasteiger partial charge in [-0.05, 0) is 30.5 Å². The number of aryl methyl sites for hydroxylation is 1. The minimum Gasteiger partial charge on any atom is -0.380 e. The highest BCUT2D eigenvalue weighted by Gasteiger charge is 2.22. The summed E-state index contributed by atoms with van der Waals surface area (Å²) in [4.78, 5) is 0.166. The molecular formula is C21H23NO3S. The van der Waals surface area contributed by atoms with E-state index in [2.05, 4.69) is 18.5 Å². The molecule has 0 aliphatic rings. The molecule has 0 heterocycles. The Balaban J connectivity index is 2.40. The van der Waals surface area contributed by atoms with Crippen LogP contribution in [0, 0.1) is 24.8 Å². The predicted molar refractivity (Wildman–Crippen MR) is 103 cm³/mol. The topological polar surface area (TPSA) is 57.6 Å². The number of rotatable bonds is 6. The van der Waals surface area contributed by atoms with Gasteiger partial charge in [-0.1, -0.05) is 61.0 Å². The second kappa shape index (κ2) is 8.70. The van der Waals surface area contributed by atoms with Crippen LogP contribution in [0.3, 0.4) is 0 Å². The summed E-state index contributed by atoms with van der Waals surface area (Å²) < 4.78 is 27.1. The molecule has 2 rings (SSSR count). The number of hydrogen-bond donors (Lipinski definition) is 1. The Morgan fingerprint density at radius 2 is 1.77 bits per heavy atom. The van der Waals surface area contributed by atoms with Gasteiger partial charge >= 0.3 is 0 Å². The molecule has 0 saturated heterocycles. The molecule has 0 saturated carbocycles. The molecule has 0 aliphatic heterocycles. The normalized spacial score (nSPS) is 13.2. The van der Waals surface area contributed by atoms with Crippen molar-refractivity contribution < 1.29 is 13.5 Å². The molecule has 2 atom stereocenters. The molecule has 0 bridgehead atoms. The first kappa shape index (κ1) is 19.8. The van der Waals surface area contributed by atoms with E-state index in [-0.39, 0.29) is 17.4 Å². The number of nitrogens with zero attached hydrogens (tertiary/aromatic N) is 1. The molecule has 0 aromatic heterocycles. The summed E-state index contributed by atoms with van der Waals surface area (Å²) >= 11 is 0. The average Bonchev–Trinajstić information content (AvgIpc) is 2.65. The summed E-state index contributed by atoms with van der Waals surface area (Å²) in [5, 5.41) is 10.0. The molecule has 2 aromatic rings. The fourth-order valence-electron chi connectivity index (χ4n) is 2.17. The maximum atomic E-state index is 13.0. The van der Waals surface area contributed by atoms with Crippen molar-refractivity contribution in [2.45, 2.75) is 31.4 Å². The summed E-state index contributed by atoms with van der Waals surface area (Å²) in [5.41, 5.74) is 1.78. The van der Waals surface area contributed by atoms with E-state index in [4.69, 9.17) is 0 Å². The predicted octanol–water partition coefficient (Wildman–Crippen LogP) is 3.33. The van der Waals surface area contributed by atoms with Crippen LogP contribution >= 0.6 is 0 Å². The van der Waals surface area contributed by atoms with Crippen LogP contribution in [0.2, 0.25) is 0 Å². The van der Waals surface area contributed by atoms with Gasteiger partial charge in [0.05, 0.1) is 11.4 Å². The number of aliphatic hydroxyl groups is 1. The van der Waals surface area contributed by atoms with Crippen LogP contribution in [-0.2, 0) is 16.6 Å². The van der Waals surface area contributed by atoms with E-state index in [0.717, 1.165) is 15.4 Å². The molecule has 5 heteroatoms. The Morgan fingerprint density at radius 3 is 2.35 bits per heavy atom. The molecule has 1 N–H and O–H groups in total. The standard InChI is InChI=1S/C21H23NO3S/c1-4-18(3)21(23)14-15-22(16-19-8-6-5-7-9-19)26(24,25)20-12-10-17(2)11-13-20/h4-13,18,21,23H,1,16H2,2-3H3/t18-,21-/m1/s1. The van der Waals surface area contributed by atoms with Crippen molar-refractivity contribution in [2.24, 2.45) is 5.92 Å². The van der Waals surface area contributed by atoms with Gasteiger partial charge in [-0.25, -0.2) is 12.7 Å². The Hall–Kier alpha value is -2.55. The molecule has 0 unspecified atom stereocenters. The quantitative estimate of drug-likeness (QED) is 0.483. The molecule has 2 aromatic carbocycles. The van der Waals surface area contributed by atoms with Crippen LogP contribution < -0.4 is 0 Å². The van der Waals surface area contributed by atoms with E-state index in [1.807, 2.05) is 37.3 Å². The van der Waals surface area contributed by atoms with Crippen molar-refractivity contribution in [1.29, 1.82) is 0 Å². The molecule has 0 fully saturated rings. The Morgan fingerprint density at radius 1 is 1.15 bits per heavy atom. The lowest BCUT2D eigenvalue weighted by molar-refractivity contribution is 0.194. The summed E-state index contributed by atoms with van der Waals surface area (Å²) in [5.74, 6) is 2.36. The van der Waals surface area contributed by atoms with E-state index < -0.39 is 16.1 Å². The lowest BCUT2D eigenvalue weighted by Gasteiger charge is -2.19. The minimum absolute atomic E-state index is 0.0965. The van der Waals surface area contributed by atoms with Crippen LogP contribution in [0.1, 0.15) is 18.1 Å². The molecule has 136 valence electrons. The summed E-state index contributed by atoms with van der Waals surface area (Å²) in [7, 11) is -3.82. The first-order valence-corrected chi connectivity index (χ1v) is 9.73. The molecule has 0 amide bonds. The fourth-order valence-corrected chi connectivity index (χ4v) is 3.40. The third kappa shape index (κ3) is 4.98. The van der Waals surface area contributed by atoms with Crippen LogP contribution in [0.25, 0.3) is 0 Å². The Labute approximate surface area is 155 Å². The van der Waals surface area contributed by atoms with Gasteiger partial charge in [0.25, 0.3) is 10.0 Å². The average molecular weight is 369 g/mol. The van der Waals surface area contributed by atoms with Crippen LogP contribution in [0.5, 0.6) is 0 Å². The second-order valence-electron chi connectivity index (χ2n) is 6.11. The van der Waals surface area contributed by atoms with E-state index in [9.17, 15) is 13.5 Å². The highest BCUT2D eigenvalue weighted by molar-refractivity contribution is 7.89. The molecule has 0 aliphatic carbocycles. The zero-order chi connectivity index (χ0) is 19.2. The third-order valence-electron chi connectivity index (χ3n) is 3.98. The Kier molecular flexibility index (Phi) is 6.62. The lowest BCUT2D eigenvalue weighted by Crippen LogP contribution is -2.27. The van der Waals surface area contributed by atoms with Crippen LogP contribution in [0.4, 0.5) is 0 Å². The van der Waals surface area contributed by atoms with Crippen LogP contribution in [0.15, 0.2) is 72.1 Å². The fraction of sp³-hybridized carbons (Fsp3) is 0.238. The zero-order valence-electron chi connectivity index (χ0n) is 15.0. The number of benzene rings is 2. The first-order valence-electron chi connectivity index (χ1n) is 8.29. The van der Waals surface area contributed by atoms with Gasteiger partial charge in [0.2, 0.25) is 0 Å². The lowest BCUT2D eigenvalue weighted by atomic mass is 10.1. The highest BCUT2D eigenvalue weighted by Crippen LogP contribution is 2.18. The van der Waals surface area contributed by atoms with Gasteiger partial charge in [-0.2, -0.15) is 0 Å². The van der Waals surface area contributed by atoms with Gasteiger partial charge in [0.1, 0.15) is 6.10 Å². The Bertz CT molecular complexity index is 894. The molecule has 4 nitrogen and oxygen atoms in total. The van der Waals surface area contributed by atoms with Gasteiger partial charge in [-0.15, -0.1) is 6.58 Å². The highest BCUT2D eigenvalue weighted by atomic mass is 32.2. The van der Waals surface area contributed by atoms with Gasteiger partial charge in [0, 0.05) is 12.0 Å². The zero-order valence-corrected chi connectivity index (χ0v) is 15.8. The summed E-state index contributed by atoms with van der Waals surface area (Å²) in [6.07, 6.45) is 0.592. The maximum absolute atomic E-state index is 13.0. The van der Waals surface area contributed by atoms with Crippen molar-refractivity contribution >= 4 is 10.0 Å². The van der Waals surface area contributed by atoms with Gasteiger partial charge in [-0.3, -0.25) is 0 Å². The van der Waals surface area contributed by atoms with E-state index >= 15 is 0 Å². The van der Waals surface area contributed by atoms with Crippen LogP contribution in [-0.4, -0.2) is 23.9 Å². The van der Waals surface area contributed by atoms with Crippen molar-refractivity contribution in [3.05, 3.63) is 78.4 Å². The van der Waals surface area contributed by atoms with Crippen molar-refractivity contribution in [2.75, 3.05) is 0 Å². The van der Waals surface area contributed by atoms with E-state index in [1.165, 1.54) is 0 Å². The van der Waals surface area contributed by atoms with Crippen molar-refractivity contribution in [3.8, 4) is 12.0 Å². The number of sulfonamides is 1. The summed E-state index contributed by atoms with van der Waals surface area (Å²) in [6.45, 7) is 7.38. The summed E-state index contributed by atoms with van der Waals surface area (Å²) in [6, 6.07) is 18.5. The molecular weight excluding hydrogens is 346 g/mol. The smallest absolute Gasteiger partial charge is 0.271 e. The van der Waals surface area contributed by atoms with E-state index in [0.29, 0.717) is 0 Å². The SMILES string of the molecule is C=C[C@@H](C)[C@H](O)C#CN(Cc1ccccc1)S(=O)(=O)c1ccc(C)cc1. The van der Waals surface area contributed by atoms with Gasteiger partial charge in [0.15, 0.2) is 0 Å². The molecule has 0 spiro atoms. The van der Waals surface area contributed by atoms with E-state index in [1.54, 1.807) is 37.3 Å². The van der Waals surface area contributed by atoms with Crippen molar-refractivity contribution in [1.82, 2.24) is 4.31 Å². The molecule has 0 radical (unpaired) electrons. The minimum atomic E-state index is -3.82. The number of aliphatic hydroxyl groups excluding tert-OH is 1. The number of hydrogen-bond acceptors (Lipinski definition) is 3. The molecule has 26 heavy (non-hydrogen) atoms. The first-order chi connectivity index (χ1) is 12.3.